The number of halogens is 2. The summed E-state index contributed by atoms with van der Waals surface area (Å²) in [5.74, 6) is -1.50. The molecule has 0 saturated carbocycles. The molecule has 134 valence electrons. The van der Waals surface area contributed by atoms with Crippen molar-refractivity contribution in [1.82, 2.24) is 19.6 Å². The molecule has 0 aliphatic carbocycles. The molecular formula is C18H22F2N4O. The van der Waals surface area contributed by atoms with Crippen LogP contribution in [0.3, 0.4) is 0 Å². The molecule has 0 radical (unpaired) electrons. The first-order valence-corrected chi connectivity index (χ1v) is 8.45. The molecule has 2 heterocycles. The number of carbonyl (C=O) groups is 1. The van der Waals surface area contributed by atoms with Crippen LogP contribution in [0.25, 0.3) is 0 Å². The summed E-state index contributed by atoms with van der Waals surface area (Å²) in [5.41, 5.74) is 1.43. The van der Waals surface area contributed by atoms with E-state index in [9.17, 15) is 13.6 Å². The number of aryl methyl sites for hydroxylation is 2. The fraction of sp³-hybridized carbons (Fsp3) is 0.444. The standard InChI is InChI=1S/C18H22F2N4O/c1-14-11-21-24(12-14)6-5-17(25)23-9-7-22(8-10-23)13-15-3-2-4-16(19)18(15)20/h2-4,11-12H,5-10,13H2,1H3. The highest BCUT2D eigenvalue weighted by molar-refractivity contribution is 5.76. The Labute approximate surface area is 145 Å². The van der Waals surface area contributed by atoms with Gasteiger partial charge in [-0.2, -0.15) is 5.10 Å². The maximum atomic E-state index is 13.8. The molecule has 0 spiro atoms. The van der Waals surface area contributed by atoms with E-state index in [1.54, 1.807) is 16.9 Å². The maximum absolute atomic E-state index is 13.8. The number of hydrogen-bond acceptors (Lipinski definition) is 3. The highest BCUT2D eigenvalue weighted by Gasteiger charge is 2.22. The van der Waals surface area contributed by atoms with E-state index in [0.717, 1.165) is 11.6 Å². The molecule has 3 rings (SSSR count). The Morgan fingerprint density at radius 2 is 1.96 bits per heavy atom. The monoisotopic (exact) mass is 348 g/mol. The number of rotatable bonds is 5. The lowest BCUT2D eigenvalue weighted by Crippen LogP contribution is -2.48. The molecule has 1 aromatic heterocycles. The van der Waals surface area contributed by atoms with Crippen molar-refractivity contribution in [1.29, 1.82) is 0 Å². The molecular weight excluding hydrogens is 326 g/mol. The minimum Gasteiger partial charge on any atom is -0.340 e. The third-order valence-electron chi connectivity index (χ3n) is 4.47. The van der Waals surface area contributed by atoms with Crippen LogP contribution in [-0.4, -0.2) is 51.7 Å². The molecule has 5 nitrogen and oxygen atoms in total. The zero-order valence-electron chi connectivity index (χ0n) is 14.3. The van der Waals surface area contributed by atoms with Crippen LogP contribution < -0.4 is 0 Å². The van der Waals surface area contributed by atoms with Crippen LogP contribution in [0, 0.1) is 18.6 Å². The fourth-order valence-electron chi connectivity index (χ4n) is 3.02. The van der Waals surface area contributed by atoms with Gasteiger partial charge in [-0.15, -0.1) is 0 Å². The largest absolute Gasteiger partial charge is 0.340 e. The number of benzene rings is 1. The predicted molar refractivity (Wildman–Crippen MR) is 89.8 cm³/mol. The molecule has 1 aliphatic rings. The van der Waals surface area contributed by atoms with Crippen molar-refractivity contribution in [3.63, 3.8) is 0 Å². The Hall–Kier alpha value is -2.28. The summed E-state index contributed by atoms with van der Waals surface area (Å²) in [4.78, 5) is 16.2. The van der Waals surface area contributed by atoms with Gasteiger partial charge in [-0.25, -0.2) is 8.78 Å². The smallest absolute Gasteiger partial charge is 0.224 e. The Balaban J connectivity index is 1.46. The Kier molecular flexibility index (Phi) is 5.43. The SMILES string of the molecule is Cc1cnn(CCC(=O)N2CCN(Cc3cccc(F)c3F)CC2)c1. The van der Waals surface area contributed by atoms with Crippen LogP contribution in [0.1, 0.15) is 17.5 Å². The highest BCUT2D eigenvalue weighted by atomic mass is 19.2. The molecule has 25 heavy (non-hydrogen) atoms. The van der Waals surface area contributed by atoms with E-state index in [2.05, 4.69) is 5.10 Å². The number of aromatic nitrogens is 2. The van der Waals surface area contributed by atoms with E-state index >= 15 is 0 Å². The van der Waals surface area contributed by atoms with Crippen LogP contribution in [-0.2, 0) is 17.9 Å². The molecule has 7 heteroatoms. The first-order valence-electron chi connectivity index (χ1n) is 8.45. The summed E-state index contributed by atoms with van der Waals surface area (Å²) in [6.45, 7) is 5.42. The van der Waals surface area contributed by atoms with Crippen LogP contribution in [0.4, 0.5) is 8.78 Å². The van der Waals surface area contributed by atoms with Gasteiger partial charge in [0.2, 0.25) is 5.91 Å². The second-order valence-electron chi connectivity index (χ2n) is 6.40. The third kappa shape index (κ3) is 4.42. The quantitative estimate of drug-likeness (QED) is 0.832. The highest BCUT2D eigenvalue weighted by Crippen LogP contribution is 2.15. The average Bonchev–Trinajstić information content (AvgIpc) is 3.03. The lowest BCUT2D eigenvalue weighted by Gasteiger charge is -2.34. The van der Waals surface area contributed by atoms with Crippen LogP contribution in [0.5, 0.6) is 0 Å². The third-order valence-corrected chi connectivity index (χ3v) is 4.47. The number of carbonyl (C=O) groups excluding carboxylic acids is 1. The number of piperazine rings is 1. The van der Waals surface area contributed by atoms with E-state index in [1.165, 1.54) is 6.07 Å². The summed E-state index contributed by atoms with van der Waals surface area (Å²) in [5, 5.41) is 4.18. The molecule has 1 saturated heterocycles. The Morgan fingerprint density at radius 3 is 2.64 bits per heavy atom. The van der Waals surface area contributed by atoms with E-state index in [-0.39, 0.29) is 5.91 Å². The van der Waals surface area contributed by atoms with Gasteiger partial charge in [0.1, 0.15) is 0 Å². The van der Waals surface area contributed by atoms with Gasteiger partial charge in [0.25, 0.3) is 0 Å². The Morgan fingerprint density at radius 1 is 1.20 bits per heavy atom. The lowest BCUT2D eigenvalue weighted by molar-refractivity contribution is -0.133. The van der Waals surface area contributed by atoms with Gasteiger partial charge in [-0.1, -0.05) is 12.1 Å². The van der Waals surface area contributed by atoms with Gasteiger partial charge in [0, 0.05) is 57.4 Å². The molecule has 1 aliphatic heterocycles. The molecule has 0 atom stereocenters. The van der Waals surface area contributed by atoms with Crippen LogP contribution in [0.2, 0.25) is 0 Å². The molecule has 0 bridgehead atoms. The normalized spacial score (nSPS) is 15.6. The minimum atomic E-state index is -0.819. The van der Waals surface area contributed by atoms with E-state index in [1.807, 2.05) is 22.9 Å². The van der Waals surface area contributed by atoms with E-state index < -0.39 is 11.6 Å². The van der Waals surface area contributed by atoms with Gasteiger partial charge in [0.05, 0.1) is 6.20 Å². The number of nitrogens with zero attached hydrogens (tertiary/aromatic N) is 4. The summed E-state index contributed by atoms with van der Waals surface area (Å²) >= 11 is 0. The molecule has 1 amide bonds. The first-order chi connectivity index (χ1) is 12.0. The fourth-order valence-corrected chi connectivity index (χ4v) is 3.02. The van der Waals surface area contributed by atoms with Gasteiger partial charge >= 0.3 is 0 Å². The van der Waals surface area contributed by atoms with Gasteiger partial charge in [-0.3, -0.25) is 14.4 Å². The van der Waals surface area contributed by atoms with Crippen molar-refractivity contribution in [2.75, 3.05) is 26.2 Å². The van der Waals surface area contributed by atoms with Crippen LogP contribution >= 0.6 is 0 Å². The topological polar surface area (TPSA) is 41.4 Å². The average molecular weight is 348 g/mol. The molecule has 0 N–H and O–H groups in total. The van der Waals surface area contributed by atoms with Crippen molar-refractivity contribution in [2.24, 2.45) is 0 Å². The molecule has 2 aromatic rings. The second kappa shape index (κ2) is 7.74. The summed E-state index contributed by atoms with van der Waals surface area (Å²) in [7, 11) is 0. The van der Waals surface area contributed by atoms with Gasteiger partial charge in [-0.05, 0) is 18.6 Å². The van der Waals surface area contributed by atoms with E-state index in [0.29, 0.717) is 51.3 Å². The summed E-state index contributed by atoms with van der Waals surface area (Å²) in [6, 6.07) is 4.24. The zero-order chi connectivity index (χ0) is 17.8. The molecule has 1 aromatic carbocycles. The van der Waals surface area contributed by atoms with Crippen molar-refractivity contribution in [2.45, 2.75) is 26.4 Å². The van der Waals surface area contributed by atoms with Crippen molar-refractivity contribution < 1.29 is 13.6 Å². The molecule has 0 unspecified atom stereocenters. The summed E-state index contributed by atoms with van der Waals surface area (Å²) < 4.78 is 28.8. The van der Waals surface area contributed by atoms with E-state index in [4.69, 9.17) is 0 Å². The minimum absolute atomic E-state index is 0.102. The maximum Gasteiger partial charge on any atom is 0.224 e. The second-order valence-corrected chi connectivity index (χ2v) is 6.40. The number of amides is 1. The predicted octanol–water partition coefficient (Wildman–Crippen LogP) is 2.20. The Bertz CT molecular complexity index is 738. The first kappa shape index (κ1) is 17.5. The lowest BCUT2D eigenvalue weighted by atomic mass is 10.1. The molecule has 1 fully saturated rings. The van der Waals surface area contributed by atoms with Gasteiger partial charge < -0.3 is 4.90 Å². The van der Waals surface area contributed by atoms with Crippen LogP contribution in [0.15, 0.2) is 30.6 Å². The number of hydrogen-bond donors (Lipinski definition) is 0. The van der Waals surface area contributed by atoms with Crippen molar-refractivity contribution in [3.05, 3.63) is 53.4 Å². The van der Waals surface area contributed by atoms with Gasteiger partial charge in [0.15, 0.2) is 11.6 Å². The van der Waals surface area contributed by atoms with Crippen molar-refractivity contribution in [3.8, 4) is 0 Å². The summed E-state index contributed by atoms with van der Waals surface area (Å²) in [6.07, 6.45) is 4.10. The zero-order valence-corrected chi connectivity index (χ0v) is 14.3. The van der Waals surface area contributed by atoms with Crippen molar-refractivity contribution >= 4 is 5.91 Å².